The second-order valence-electron chi connectivity index (χ2n) is 6.21. The number of para-hydroxylation sites is 1. The normalized spacial score (nSPS) is 11.3. The van der Waals surface area contributed by atoms with Gasteiger partial charge in [-0.1, -0.05) is 32.0 Å². The number of carbonyl (C=O) groups excluding carboxylic acids is 2. The maximum absolute atomic E-state index is 12.2. The van der Waals surface area contributed by atoms with E-state index in [-0.39, 0.29) is 6.61 Å². The molecule has 7 nitrogen and oxygen atoms in total. The maximum Gasteiger partial charge on any atom is 0.276 e. The Kier molecular flexibility index (Phi) is 7.68. The molecule has 0 aliphatic heterocycles. The van der Waals surface area contributed by atoms with Gasteiger partial charge in [-0.05, 0) is 42.2 Å². The first-order valence-corrected chi connectivity index (χ1v) is 9.03. The lowest BCUT2D eigenvalue weighted by atomic mass is 9.98. The number of nitrogens with one attached hydrogen (secondary N) is 2. The highest BCUT2D eigenvalue weighted by atomic mass is 16.5. The van der Waals surface area contributed by atoms with Crippen molar-refractivity contribution in [3.63, 3.8) is 0 Å². The molecule has 150 valence electrons. The van der Waals surface area contributed by atoms with Gasteiger partial charge in [0.15, 0.2) is 18.1 Å². The van der Waals surface area contributed by atoms with Crippen LogP contribution in [0.2, 0.25) is 0 Å². The molecular formula is C21H26N2O5. The number of hydrogen-bond acceptors (Lipinski definition) is 5. The zero-order chi connectivity index (χ0) is 20.5. The van der Waals surface area contributed by atoms with Crippen LogP contribution >= 0.6 is 0 Å². The van der Waals surface area contributed by atoms with Crippen molar-refractivity contribution in [3.8, 4) is 17.2 Å². The molecule has 0 aliphatic rings. The Balaban J connectivity index is 1.90. The van der Waals surface area contributed by atoms with Crippen LogP contribution in [0, 0.1) is 0 Å². The van der Waals surface area contributed by atoms with E-state index in [9.17, 15) is 9.59 Å². The van der Waals surface area contributed by atoms with Gasteiger partial charge < -0.3 is 14.2 Å². The molecule has 2 aromatic carbocycles. The van der Waals surface area contributed by atoms with Crippen LogP contribution in [-0.2, 0) is 4.79 Å². The molecule has 28 heavy (non-hydrogen) atoms. The molecule has 7 heteroatoms. The summed E-state index contributed by atoms with van der Waals surface area (Å²) in [5.74, 6) is 0.979. The van der Waals surface area contributed by atoms with Crippen LogP contribution in [0.5, 0.6) is 17.2 Å². The minimum Gasteiger partial charge on any atom is -0.493 e. The van der Waals surface area contributed by atoms with Gasteiger partial charge in [-0.3, -0.25) is 20.4 Å². The molecule has 2 amide bonds. The Morgan fingerprint density at radius 3 is 2.36 bits per heavy atom. The minimum absolute atomic E-state index is 0.209. The predicted molar refractivity (Wildman–Crippen MR) is 106 cm³/mol. The molecule has 2 N–H and O–H groups in total. The summed E-state index contributed by atoms with van der Waals surface area (Å²) >= 11 is 0. The molecule has 0 spiro atoms. The molecule has 0 saturated carbocycles. The first kappa shape index (κ1) is 21.1. The van der Waals surface area contributed by atoms with Crippen LogP contribution in [-0.4, -0.2) is 32.6 Å². The van der Waals surface area contributed by atoms with Crippen molar-refractivity contribution in [1.29, 1.82) is 0 Å². The van der Waals surface area contributed by atoms with E-state index in [1.165, 1.54) is 20.3 Å². The summed E-state index contributed by atoms with van der Waals surface area (Å²) in [4.78, 5) is 24.2. The van der Waals surface area contributed by atoms with Crippen molar-refractivity contribution in [2.75, 3.05) is 20.8 Å². The lowest BCUT2D eigenvalue weighted by molar-refractivity contribution is -0.123. The third kappa shape index (κ3) is 5.39. The summed E-state index contributed by atoms with van der Waals surface area (Å²) in [7, 11) is 2.99. The van der Waals surface area contributed by atoms with Gasteiger partial charge in [0.05, 0.1) is 14.2 Å². The first-order valence-electron chi connectivity index (χ1n) is 9.03. The summed E-state index contributed by atoms with van der Waals surface area (Å²) in [6.45, 7) is 3.99. The second-order valence-corrected chi connectivity index (χ2v) is 6.21. The van der Waals surface area contributed by atoms with E-state index in [0.717, 1.165) is 12.0 Å². The SMILES string of the molecule is CC[C@@H](C)c1ccccc1OCC(=O)NNC(=O)c1ccc(OC)c(OC)c1. The number of rotatable bonds is 8. The van der Waals surface area contributed by atoms with Gasteiger partial charge in [0.25, 0.3) is 11.8 Å². The summed E-state index contributed by atoms with van der Waals surface area (Å²) < 4.78 is 15.9. The molecule has 0 unspecified atom stereocenters. The van der Waals surface area contributed by atoms with E-state index in [2.05, 4.69) is 24.7 Å². The number of amides is 2. The van der Waals surface area contributed by atoms with Gasteiger partial charge in [-0.2, -0.15) is 0 Å². The van der Waals surface area contributed by atoms with E-state index in [1.54, 1.807) is 12.1 Å². The van der Waals surface area contributed by atoms with Crippen molar-refractivity contribution in [3.05, 3.63) is 53.6 Å². The third-order valence-corrected chi connectivity index (χ3v) is 4.38. The van der Waals surface area contributed by atoms with Gasteiger partial charge >= 0.3 is 0 Å². The fraction of sp³-hybridized carbons (Fsp3) is 0.333. The van der Waals surface area contributed by atoms with E-state index in [0.29, 0.717) is 28.7 Å². The fourth-order valence-electron chi connectivity index (χ4n) is 2.59. The average Bonchev–Trinajstić information content (AvgIpc) is 2.74. The van der Waals surface area contributed by atoms with Gasteiger partial charge in [-0.25, -0.2) is 0 Å². The van der Waals surface area contributed by atoms with Crippen molar-refractivity contribution in [2.45, 2.75) is 26.2 Å². The van der Waals surface area contributed by atoms with Crippen LogP contribution in [0.25, 0.3) is 0 Å². The second kappa shape index (κ2) is 10.2. The van der Waals surface area contributed by atoms with Crippen LogP contribution in [0.4, 0.5) is 0 Å². The van der Waals surface area contributed by atoms with Crippen molar-refractivity contribution < 1.29 is 23.8 Å². The summed E-state index contributed by atoms with van der Waals surface area (Å²) in [6.07, 6.45) is 0.966. The maximum atomic E-state index is 12.2. The zero-order valence-corrected chi connectivity index (χ0v) is 16.6. The molecular weight excluding hydrogens is 360 g/mol. The number of hydrogen-bond donors (Lipinski definition) is 2. The van der Waals surface area contributed by atoms with E-state index >= 15 is 0 Å². The van der Waals surface area contributed by atoms with Crippen molar-refractivity contribution >= 4 is 11.8 Å². The molecule has 2 rings (SSSR count). The van der Waals surface area contributed by atoms with Gasteiger partial charge in [0.1, 0.15) is 5.75 Å². The Labute approximate surface area is 165 Å². The number of benzene rings is 2. The third-order valence-electron chi connectivity index (χ3n) is 4.38. The molecule has 0 aliphatic carbocycles. The van der Waals surface area contributed by atoms with Crippen LogP contribution in [0.1, 0.15) is 42.1 Å². The summed E-state index contributed by atoms with van der Waals surface area (Å²) in [5, 5.41) is 0. The van der Waals surface area contributed by atoms with Gasteiger partial charge in [0.2, 0.25) is 0 Å². The molecule has 1 atom stereocenters. The highest BCUT2D eigenvalue weighted by molar-refractivity contribution is 5.96. The lowest BCUT2D eigenvalue weighted by Crippen LogP contribution is -2.43. The topological polar surface area (TPSA) is 85.9 Å². The van der Waals surface area contributed by atoms with Crippen LogP contribution in [0.15, 0.2) is 42.5 Å². The monoisotopic (exact) mass is 386 g/mol. The van der Waals surface area contributed by atoms with Crippen LogP contribution < -0.4 is 25.1 Å². The Morgan fingerprint density at radius 1 is 0.964 bits per heavy atom. The average molecular weight is 386 g/mol. The van der Waals surface area contributed by atoms with E-state index < -0.39 is 11.8 Å². The number of ether oxygens (including phenoxy) is 3. The Hall–Kier alpha value is -3.22. The molecule has 0 radical (unpaired) electrons. The van der Waals surface area contributed by atoms with Gasteiger partial charge in [-0.15, -0.1) is 0 Å². The highest BCUT2D eigenvalue weighted by Gasteiger charge is 2.13. The Morgan fingerprint density at radius 2 is 1.68 bits per heavy atom. The fourth-order valence-corrected chi connectivity index (χ4v) is 2.59. The summed E-state index contributed by atoms with van der Waals surface area (Å²) in [5.41, 5.74) is 6.07. The largest absolute Gasteiger partial charge is 0.493 e. The van der Waals surface area contributed by atoms with E-state index in [1.807, 2.05) is 24.3 Å². The van der Waals surface area contributed by atoms with Crippen molar-refractivity contribution in [1.82, 2.24) is 10.9 Å². The Bertz CT molecular complexity index is 822. The van der Waals surface area contributed by atoms with Crippen molar-refractivity contribution in [2.24, 2.45) is 0 Å². The summed E-state index contributed by atoms with van der Waals surface area (Å²) in [6, 6.07) is 12.3. The molecule has 0 bridgehead atoms. The number of methoxy groups -OCH3 is 2. The first-order chi connectivity index (χ1) is 13.5. The number of carbonyl (C=O) groups is 2. The highest BCUT2D eigenvalue weighted by Crippen LogP contribution is 2.28. The van der Waals surface area contributed by atoms with E-state index in [4.69, 9.17) is 14.2 Å². The molecule has 0 fully saturated rings. The molecule has 0 heterocycles. The quantitative estimate of drug-likeness (QED) is 0.681. The molecule has 0 aromatic heterocycles. The molecule has 2 aromatic rings. The number of hydrazine groups is 1. The minimum atomic E-state index is -0.477. The zero-order valence-electron chi connectivity index (χ0n) is 16.6. The standard InChI is InChI=1S/C21H26N2O5/c1-5-14(2)16-8-6-7-9-17(16)28-13-20(24)22-23-21(25)15-10-11-18(26-3)19(12-15)27-4/h6-12,14H,5,13H2,1-4H3,(H,22,24)(H,23,25)/t14-/m1/s1. The molecule has 0 saturated heterocycles. The van der Waals surface area contributed by atoms with Gasteiger partial charge in [0, 0.05) is 5.56 Å². The smallest absolute Gasteiger partial charge is 0.276 e. The predicted octanol–water partition coefficient (Wildman–Crippen LogP) is 3.06. The van der Waals surface area contributed by atoms with Crippen LogP contribution in [0.3, 0.4) is 0 Å². The lowest BCUT2D eigenvalue weighted by Gasteiger charge is -2.15.